The number of hydrogen-bond acceptors (Lipinski definition) is 2. The van der Waals surface area contributed by atoms with Gasteiger partial charge < -0.3 is 5.73 Å². The van der Waals surface area contributed by atoms with E-state index < -0.39 is 0 Å². The van der Waals surface area contributed by atoms with Crippen LogP contribution in [0, 0.1) is 0 Å². The molecule has 0 bridgehead atoms. The van der Waals surface area contributed by atoms with E-state index >= 15 is 0 Å². The van der Waals surface area contributed by atoms with E-state index in [9.17, 15) is 0 Å². The van der Waals surface area contributed by atoms with Gasteiger partial charge in [0, 0.05) is 10.4 Å². The zero-order chi connectivity index (χ0) is 8.48. The van der Waals surface area contributed by atoms with Gasteiger partial charge in [0.1, 0.15) is 0 Å². The van der Waals surface area contributed by atoms with Gasteiger partial charge in [-0.1, -0.05) is 18.2 Å². The average molecular weight is 167 g/mol. The van der Waals surface area contributed by atoms with Crippen molar-refractivity contribution in [1.29, 1.82) is 0 Å². The van der Waals surface area contributed by atoms with Crippen LogP contribution in [-0.2, 0) is 5.54 Å². The van der Waals surface area contributed by atoms with Crippen molar-refractivity contribution in [1.82, 2.24) is 0 Å². The molecule has 0 atom stereocenters. The Bertz CT molecular complexity index is 250. The zero-order valence-electron chi connectivity index (χ0n) is 6.83. The second-order valence-electron chi connectivity index (χ2n) is 3.24. The lowest BCUT2D eigenvalue weighted by Crippen LogP contribution is -2.28. The Morgan fingerprint density at radius 2 is 1.82 bits per heavy atom. The molecule has 1 aromatic carbocycles. The molecule has 60 valence electrons. The molecule has 0 spiro atoms. The van der Waals surface area contributed by atoms with E-state index in [2.05, 4.69) is 12.6 Å². The lowest BCUT2D eigenvalue weighted by atomic mass is 9.96. The van der Waals surface area contributed by atoms with E-state index in [-0.39, 0.29) is 5.54 Å². The second-order valence-corrected chi connectivity index (χ2v) is 3.72. The molecule has 0 aliphatic carbocycles. The first-order valence-corrected chi connectivity index (χ1v) is 4.04. The van der Waals surface area contributed by atoms with Gasteiger partial charge >= 0.3 is 0 Å². The predicted molar refractivity (Wildman–Crippen MR) is 50.9 cm³/mol. The van der Waals surface area contributed by atoms with Crippen LogP contribution < -0.4 is 5.73 Å². The van der Waals surface area contributed by atoms with Gasteiger partial charge in [0.25, 0.3) is 0 Å². The van der Waals surface area contributed by atoms with Crippen molar-refractivity contribution in [2.75, 3.05) is 0 Å². The first kappa shape index (κ1) is 8.62. The summed E-state index contributed by atoms with van der Waals surface area (Å²) < 4.78 is 0. The minimum Gasteiger partial charge on any atom is -0.322 e. The number of benzene rings is 1. The topological polar surface area (TPSA) is 26.0 Å². The molecule has 0 aromatic heterocycles. The van der Waals surface area contributed by atoms with Crippen LogP contribution >= 0.6 is 12.6 Å². The van der Waals surface area contributed by atoms with Crippen molar-refractivity contribution in [2.45, 2.75) is 24.3 Å². The Kier molecular flexibility index (Phi) is 2.25. The molecule has 1 nitrogen and oxygen atoms in total. The molecule has 0 saturated heterocycles. The second kappa shape index (κ2) is 2.88. The van der Waals surface area contributed by atoms with Crippen LogP contribution in [0.5, 0.6) is 0 Å². The minimum absolute atomic E-state index is 0.293. The molecule has 11 heavy (non-hydrogen) atoms. The highest BCUT2D eigenvalue weighted by Gasteiger charge is 2.15. The highest BCUT2D eigenvalue weighted by molar-refractivity contribution is 7.80. The fourth-order valence-corrected chi connectivity index (χ4v) is 1.47. The zero-order valence-corrected chi connectivity index (χ0v) is 7.73. The van der Waals surface area contributed by atoms with Crippen molar-refractivity contribution in [2.24, 2.45) is 5.73 Å². The summed E-state index contributed by atoms with van der Waals surface area (Å²) >= 11 is 4.31. The highest BCUT2D eigenvalue weighted by atomic mass is 32.1. The van der Waals surface area contributed by atoms with E-state index in [0.717, 1.165) is 10.5 Å². The Balaban J connectivity index is 3.14. The number of nitrogens with two attached hydrogens (primary N) is 1. The van der Waals surface area contributed by atoms with Gasteiger partial charge in [0.2, 0.25) is 0 Å². The van der Waals surface area contributed by atoms with Crippen LogP contribution in [0.25, 0.3) is 0 Å². The summed E-state index contributed by atoms with van der Waals surface area (Å²) in [5, 5.41) is 0. The lowest BCUT2D eigenvalue weighted by Gasteiger charge is -2.20. The van der Waals surface area contributed by atoms with Crippen LogP contribution in [-0.4, -0.2) is 0 Å². The highest BCUT2D eigenvalue weighted by Crippen LogP contribution is 2.23. The quantitative estimate of drug-likeness (QED) is 0.616. The predicted octanol–water partition coefficient (Wildman–Crippen LogP) is 2.17. The van der Waals surface area contributed by atoms with Crippen LogP contribution in [0.2, 0.25) is 0 Å². The van der Waals surface area contributed by atoms with E-state index in [0.29, 0.717) is 0 Å². The third-order valence-corrected chi connectivity index (χ3v) is 1.99. The van der Waals surface area contributed by atoms with Crippen LogP contribution in [0.4, 0.5) is 0 Å². The Morgan fingerprint density at radius 1 is 1.27 bits per heavy atom. The number of thiol groups is 1. The van der Waals surface area contributed by atoms with Crippen molar-refractivity contribution in [3.05, 3.63) is 29.8 Å². The van der Waals surface area contributed by atoms with Crippen LogP contribution in [0.3, 0.4) is 0 Å². The van der Waals surface area contributed by atoms with Crippen molar-refractivity contribution in [3.63, 3.8) is 0 Å². The molecule has 0 aliphatic rings. The van der Waals surface area contributed by atoms with E-state index in [1.165, 1.54) is 0 Å². The average Bonchev–Trinajstić information content (AvgIpc) is 1.86. The molecule has 0 fully saturated rings. The van der Waals surface area contributed by atoms with Gasteiger partial charge in [0.15, 0.2) is 0 Å². The van der Waals surface area contributed by atoms with Crippen molar-refractivity contribution >= 4 is 12.6 Å². The number of hydrogen-bond donors (Lipinski definition) is 2. The maximum Gasteiger partial charge on any atom is 0.0363 e. The van der Waals surface area contributed by atoms with E-state index in [1.54, 1.807) is 0 Å². The summed E-state index contributed by atoms with van der Waals surface area (Å²) in [6, 6.07) is 7.89. The van der Waals surface area contributed by atoms with Gasteiger partial charge in [-0.05, 0) is 25.5 Å². The normalized spacial score (nSPS) is 11.6. The van der Waals surface area contributed by atoms with E-state index in [4.69, 9.17) is 5.73 Å². The summed E-state index contributed by atoms with van der Waals surface area (Å²) in [6.07, 6.45) is 0. The Hall–Kier alpha value is -0.470. The maximum atomic E-state index is 5.91. The maximum absolute atomic E-state index is 5.91. The van der Waals surface area contributed by atoms with Gasteiger partial charge in [-0.2, -0.15) is 0 Å². The van der Waals surface area contributed by atoms with E-state index in [1.807, 2.05) is 38.1 Å². The fraction of sp³-hybridized carbons (Fsp3) is 0.333. The lowest BCUT2D eigenvalue weighted by molar-refractivity contribution is 0.543. The molecule has 0 amide bonds. The summed E-state index contributed by atoms with van der Waals surface area (Å²) in [7, 11) is 0. The molecule has 1 rings (SSSR count). The largest absolute Gasteiger partial charge is 0.322 e. The molecular formula is C9H13NS. The molecular weight excluding hydrogens is 154 g/mol. The van der Waals surface area contributed by atoms with Gasteiger partial charge in [-0.15, -0.1) is 12.6 Å². The first-order chi connectivity index (χ1) is 5.02. The standard InChI is InChI=1S/C9H13NS/c1-9(2,10)7-5-3-4-6-8(7)11/h3-6,11H,10H2,1-2H3. The summed E-state index contributed by atoms with van der Waals surface area (Å²) in [4.78, 5) is 0.958. The van der Waals surface area contributed by atoms with Crippen LogP contribution in [0.1, 0.15) is 19.4 Å². The van der Waals surface area contributed by atoms with Crippen molar-refractivity contribution in [3.8, 4) is 0 Å². The summed E-state index contributed by atoms with van der Waals surface area (Å²) in [5.41, 5.74) is 6.70. The smallest absolute Gasteiger partial charge is 0.0363 e. The summed E-state index contributed by atoms with van der Waals surface area (Å²) in [5.74, 6) is 0. The first-order valence-electron chi connectivity index (χ1n) is 3.59. The Morgan fingerprint density at radius 3 is 2.18 bits per heavy atom. The van der Waals surface area contributed by atoms with Crippen molar-refractivity contribution < 1.29 is 0 Å². The SMILES string of the molecule is CC(C)(N)c1ccccc1S. The minimum atomic E-state index is -0.293. The van der Waals surface area contributed by atoms with Gasteiger partial charge in [-0.3, -0.25) is 0 Å². The molecule has 0 radical (unpaired) electrons. The van der Waals surface area contributed by atoms with Gasteiger partial charge in [0.05, 0.1) is 0 Å². The molecule has 2 heteroatoms. The molecule has 0 heterocycles. The van der Waals surface area contributed by atoms with Gasteiger partial charge in [-0.25, -0.2) is 0 Å². The third-order valence-electron chi connectivity index (χ3n) is 1.60. The summed E-state index contributed by atoms with van der Waals surface area (Å²) in [6.45, 7) is 3.95. The van der Waals surface area contributed by atoms with Crippen LogP contribution in [0.15, 0.2) is 29.2 Å². The Labute approximate surface area is 73.0 Å². The molecule has 1 aromatic rings. The molecule has 0 saturated carbocycles. The fourth-order valence-electron chi connectivity index (χ4n) is 1.02. The molecule has 0 unspecified atom stereocenters. The number of rotatable bonds is 1. The molecule has 2 N–H and O–H groups in total. The monoisotopic (exact) mass is 167 g/mol. The third kappa shape index (κ3) is 1.98. The molecule has 0 aliphatic heterocycles.